The monoisotopic (exact) mass is 274 g/mol. The normalized spacial score (nSPS) is 23.7. The van der Waals surface area contributed by atoms with E-state index in [0.717, 1.165) is 51.4 Å². The van der Waals surface area contributed by atoms with E-state index < -0.39 is 0 Å². The molecule has 0 saturated carbocycles. The van der Waals surface area contributed by atoms with Crippen molar-refractivity contribution in [1.29, 1.82) is 0 Å². The van der Waals surface area contributed by atoms with Crippen molar-refractivity contribution < 1.29 is 4.79 Å². The zero-order valence-electron chi connectivity index (χ0n) is 11.8. The standard InChI is InChI=1S/C15H22N4O/c20-15(13-5-1-3-7-16-13)19-11-9-18(10-12-19)14-6-2-4-8-17-14/h2,4,6,8,13,16H,1,3,5,7,9-12H2. The van der Waals surface area contributed by atoms with Gasteiger partial charge >= 0.3 is 0 Å². The Bertz CT molecular complexity index is 436. The molecule has 1 N–H and O–H groups in total. The highest BCUT2D eigenvalue weighted by atomic mass is 16.2. The maximum absolute atomic E-state index is 12.4. The van der Waals surface area contributed by atoms with Gasteiger partial charge in [0.1, 0.15) is 5.82 Å². The Morgan fingerprint density at radius 1 is 1.20 bits per heavy atom. The van der Waals surface area contributed by atoms with E-state index in [-0.39, 0.29) is 11.9 Å². The molecule has 108 valence electrons. The molecule has 3 rings (SSSR count). The summed E-state index contributed by atoms with van der Waals surface area (Å²) in [4.78, 5) is 21.0. The second kappa shape index (κ2) is 6.22. The van der Waals surface area contributed by atoms with Crippen molar-refractivity contribution in [2.75, 3.05) is 37.6 Å². The highest BCUT2D eigenvalue weighted by molar-refractivity contribution is 5.82. The summed E-state index contributed by atoms with van der Waals surface area (Å²) in [7, 11) is 0. The number of pyridine rings is 1. The van der Waals surface area contributed by atoms with Gasteiger partial charge in [-0.15, -0.1) is 0 Å². The smallest absolute Gasteiger partial charge is 0.239 e. The van der Waals surface area contributed by atoms with Crippen LogP contribution in [0, 0.1) is 0 Å². The molecule has 1 aromatic heterocycles. The molecule has 2 aliphatic heterocycles. The Morgan fingerprint density at radius 2 is 2.05 bits per heavy atom. The Labute approximate surface area is 120 Å². The van der Waals surface area contributed by atoms with Gasteiger partial charge in [0.25, 0.3) is 0 Å². The number of piperazine rings is 1. The van der Waals surface area contributed by atoms with Gasteiger partial charge < -0.3 is 15.1 Å². The summed E-state index contributed by atoms with van der Waals surface area (Å²) in [6.45, 7) is 4.32. The van der Waals surface area contributed by atoms with Crippen LogP contribution >= 0.6 is 0 Å². The summed E-state index contributed by atoms with van der Waals surface area (Å²) < 4.78 is 0. The lowest BCUT2D eigenvalue weighted by molar-refractivity contribution is -0.134. The fraction of sp³-hybridized carbons (Fsp3) is 0.600. The first-order valence-electron chi connectivity index (χ1n) is 7.53. The summed E-state index contributed by atoms with van der Waals surface area (Å²) in [5.74, 6) is 1.29. The molecule has 5 heteroatoms. The molecule has 0 aliphatic carbocycles. The van der Waals surface area contributed by atoms with Crippen LogP contribution < -0.4 is 10.2 Å². The first-order chi connectivity index (χ1) is 9.84. The minimum absolute atomic E-state index is 0.0464. The molecule has 1 amide bonds. The Hall–Kier alpha value is -1.62. The van der Waals surface area contributed by atoms with E-state index in [9.17, 15) is 4.79 Å². The predicted octanol–water partition coefficient (Wildman–Crippen LogP) is 0.872. The van der Waals surface area contributed by atoms with Crippen molar-refractivity contribution in [2.45, 2.75) is 25.3 Å². The molecule has 2 aliphatic rings. The van der Waals surface area contributed by atoms with Crippen LogP contribution in [0.2, 0.25) is 0 Å². The third-order valence-electron chi connectivity index (χ3n) is 4.17. The topological polar surface area (TPSA) is 48.5 Å². The number of anilines is 1. The van der Waals surface area contributed by atoms with Gasteiger partial charge in [-0.2, -0.15) is 0 Å². The summed E-state index contributed by atoms with van der Waals surface area (Å²) in [5.41, 5.74) is 0. The SMILES string of the molecule is O=C(C1CCCCN1)N1CCN(c2ccccn2)CC1. The largest absolute Gasteiger partial charge is 0.353 e. The van der Waals surface area contributed by atoms with Gasteiger partial charge in [-0.3, -0.25) is 4.79 Å². The summed E-state index contributed by atoms with van der Waals surface area (Å²) in [5, 5.41) is 3.34. The second-order valence-electron chi connectivity index (χ2n) is 5.50. The van der Waals surface area contributed by atoms with Crippen LogP contribution in [0.3, 0.4) is 0 Å². The van der Waals surface area contributed by atoms with Gasteiger partial charge in [0.05, 0.1) is 6.04 Å². The van der Waals surface area contributed by atoms with E-state index in [0.29, 0.717) is 0 Å². The molecule has 0 aromatic carbocycles. The predicted molar refractivity (Wildman–Crippen MR) is 78.7 cm³/mol. The number of rotatable bonds is 2. The Kier molecular flexibility index (Phi) is 4.16. The van der Waals surface area contributed by atoms with E-state index in [2.05, 4.69) is 15.2 Å². The third-order valence-corrected chi connectivity index (χ3v) is 4.17. The lowest BCUT2D eigenvalue weighted by Crippen LogP contribution is -2.55. The quantitative estimate of drug-likeness (QED) is 0.869. The van der Waals surface area contributed by atoms with E-state index in [4.69, 9.17) is 0 Å². The van der Waals surface area contributed by atoms with Crippen LogP contribution in [-0.4, -0.2) is 54.6 Å². The Morgan fingerprint density at radius 3 is 2.70 bits per heavy atom. The number of amides is 1. The number of carbonyl (C=O) groups excluding carboxylic acids is 1. The number of piperidine rings is 1. The Balaban J connectivity index is 1.54. The molecule has 0 spiro atoms. The summed E-state index contributed by atoms with van der Waals surface area (Å²) in [6, 6.07) is 6.01. The number of aromatic nitrogens is 1. The van der Waals surface area contributed by atoms with Gasteiger partial charge in [0, 0.05) is 32.4 Å². The lowest BCUT2D eigenvalue weighted by Gasteiger charge is -2.37. The van der Waals surface area contributed by atoms with Gasteiger partial charge in [-0.1, -0.05) is 12.5 Å². The molecular weight excluding hydrogens is 252 g/mol. The summed E-state index contributed by atoms with van der Waals surface area (Å²) in [6.07, 6.45) is 5.16. The highest BCUT2D eigenvalue weighted by Gasteiger charge is 2.28. The molecule has 0 bridgehead atoms. The lowest BCUT2D eigenvalue weighted by atomic mass is 10.0. The van der Waals surface area contributed by atoms with Crippen molar-refractivity contribution in [3.63, 3.8) is 0 Å². The fourth-order valence-electron chi connectivity index (χ4n) is 2.98. The molecule has 2 saturated heterocycles. The van der Waals surface area contributed by atoms with Crippen LogP contribution in [0.1, 0.15) is 19.3 Å². The minimum Gasteiger partial charge on any atom is -0.353 e. The van der Waals surface area contributed by atoms with E-state index >= 15 is 0 Å². The molecule has 1 aromatic rings. The van der Waals surface area contributed by atoms with Crippen LogP contribution in [0.4, 0.5) is 5.82 Å². The van der Waals surface area contributed by atoms with Gasteiger partial charge in [-0.05, 0) is 31.5 Å². The minimum atomic E-state index is 0.0464. The molecule has 5 nitrogen and oxygen atoms in total. The zero-order chi connectivity index (χ0) is 13.8. The summed E-state index contributed by atoms with van der Waals surface area (Å²) >= 11 is 0. The van der Waals surface area contributed by atoms with Crippen LogP contribution in [0.15, 0.2) is 24.4 Å². The average molecular weight is 274 g/mol. The van der Waals surface area contributed by atoms with E-state index in [1.54, 1.807) is 0 Å². The zero-order valence-corrected chi connectivity index (χ0v) is 11.8. The van der Waals surface area contributed by atoms with Gasteiger partial charge in [0.2, 0.25) is 5.91 Å². The molecule has 20 heavy (non-hydrogen) atoms. The first-order valence-corrected chi connectivity index (χ1v) is 7.53. The number of carbonyl (C=O) groups is 1. The average Bonchev–Trinajstić information content (AvgIpc) is 2.56. The van der Waals surface area contributed by atoms with Crippen molar-refractivity contribution >= 4 is 11.7 Å². The van der Waals surface area contributed by atoms with Crippen LogP contribution in [0.5, 0.6) is 0 Å². The first kappa shape index (κ1) is 13.4. The van der Waals surface area contributed by atoms with Crippen LogP contribution in [-0.2, 0) is 4.79 Å². The van der Waals surface area contributed by atoms with Crippen molar-refractivity contribution in [3.8, 4) is 0 Å². The third kappa shape index (κ3) is 2.93. The fourth-order valence-corrected chi connectivity index (χ4v) is 2.98. The number of nitrogens with one attached hydrogen (secondary N) is 1. The number of nitrogens with zero attached hydrogens (tertiary/aromatic N) is 3. The number of hydrogen-bond acceptors (Lipinski definition) is 4. The van der Waals surface area contributed by atoms with Crippen LogP contribution in [0.25, 0.3) is 0 Å². The molecular formula is C15H22N4O. The maximum Gasteiger partial charge on any atom is 0.239 e. The molecule has 1 atom stereocenters. The number of hydrogen-bond donors (Lipinski definition) is 1. The van der Waals surface area contributed by atoms with E-state index in [1.165, 1.54) is 6.42 Å². The van der Waals surface area contributed by atoms with E-state index in [1.807, 2.05) is 29.3 Å². The maximum atomic E-state index is 12.4. The molecule has 0 radical (unpaired) electrons. The van der Waals surface area contributed by atoms with Gasteiger partial charge in [0.15, 0.2) is 0 Å². The van der Waals surface area contributed by atoms with Gasteiger partial charge in [-0.25, -0.2) is 4.98 Å². The van der Waals surface area contributed by atoms with Crippen molar-refractivity contribution in [3.05, 3.63) is 24.4 Å². The molecule has 2 fully saturated rings. The molecule has 1 unspecified atom stereocenters. The molecule has 3 heterocycles. The highest BCUT2D eigenvalue weighted by Crippen LogP contribution is 2.15. The van der Waals surface area contributed by atoms with Crippen molar-refractivity contribution in [2.24, 2.45) is 0 Å². The van der Waals surface area contributed by atoms with Crippen molar-refractivity contribution in [1.82, 2.24) is 15.2 Å². The second-order valence-corrected chi connectivity index (χ2v) is 5.50.